The molecule has 0 N–H and O–H groups in total. The summed E-state index contributed by atoms with van der Waals surface area (Å²) in [6.45, 7) is 2.18. The Morgan fingerprint density at radius 1 is 0.778 bits per heavy atom. The molecule has 144 valence electrons. The number of hydrogen-bond donors (Lipinski definition) is 0. The van der Waals surface area contributed by atoms with Gasteiger partial charge in [0.05, 0.1) is 11.6 Å². The van der Waals surface area contributed by atoms with Crippen molar-refractivity contribution in [3.63, 3.8) is 0 Å². The van der Waals surface area contributed by atoms with Crippen molar-refractivity contribution < 1.29 is 0 Å². The zero-order valence-electron chi connectivity index (χ0n) is 16.9. The SMILES string of the molecule is C/C=C/C1CCC2CC(C3CCC(c4ccc(C#N)cc4)CC3)CCC2C1. The molecule has 27 heavy (non-hydrogen) atoms. The van der Waals surface area contributed by atoms with Crippen LogP contribution < -0.4 is 0 Å². The van der Waals surface area contributed by atoms with E-state index in [9.17, 15) is 0 Å². The summed E-state index contributed by atoms with van der Waals surface area (Å²) >= 11 is 0. The Hall–Kier alpha value is -1.55. The molecule has 0 spiro atoms. The van der Waals surface area contributed by atoms with Crippen LogP contribution in [0.4, 0.5) is 0 Å². The summed E-state index contributed by atoms with van der Waals surface area (Å²) in [5.74, 6) is 5.63. The van der Waals surface area contributed by atoms with E-state index in [0.717, 1.165) is 41.1 Å². The van der Waals surface area contributed by atoms with Gasteiger partial charge in [-0.15, -0.1) is 0 Å². The number of allylic oxidation sites excluding steroid dienone is 2. The topological polar surface area (TPSA) is 23.8 Å². The lowest BCUT2D eigenvalue weighted by molar-refractivity contribution is 0.0719. The molecule has 1 nitrogen and oxygen atoms in total. The van der Waals surface area contributed by atoms with Crippen molar-refractivity contribution >= 4 is 0 Å². The molecule has 1 heteroatoms. The lowest BCUT2D eigenvalue weighted by Crippen LogP contribution is -2.34. The molecule has 0 aliphatic heterocycles. The minimum absolute atomic E-state index is 0.724. The first kappa shape index (κ1) is 18.8. The van der Waals surface area contributed by atoms with Crippen LogP contribution in [0.2, 0.25) is 0 Å². The number of rotatable bonds is 3. The van der Waals surface area contributed by atoms with Crippen LogP contribution in [0.15, 0.2) is 36.4 Å². The summed E-state index contributed by atoms with van der Waals surface area (Å²) in [6, 6.07) is 10.6. The normalized spacial score (nSPS) is 36.9. The smallest absolute Gasteiger partial charge is 0.0991 e. The lowest BCUT2D eigenvalue weighted by atomic mass is 9.61. The molecule has 3 aliphatic carbocycles. The van der Waals surface area contributed by atoms with Gasteiger partial charge in [-0.25, -0.2) is 0 Å². The molecule has 3 saturated carbocycles. The van der Waals surface area contributed by atoms with Gasteiger partial charge in [0.1, 0.15) is 0 Å². The minimum atomic E-state index is 0.724. The molecule has 0 heterocycles. The Morgan fingerprint density at radius 2 is 1.37 bits per heavy atom. The first-order chi connectivity index (χ1) is 13.3. The maximum absolute atomic E-state index is 8.99. The monoisotopic (exact) mass is 361 g/mol. The fraction of sp³-hybridized carbons (Fsp3) is 0.654. The Labute approximate surface area is 165 Å². The predicted octanol–water partition coefficient (Wildman–Crippen LogP) is 7.24. The first-order valence-electron chi connectivity index (χ1n) is 11.4. The van der Waals surface area contributed by atoms with Gasteiger partial charge < -0.3 is 0 Å². The molecule has 0 aromatic heterocycles. The molecular weight excluding hydrogens is 326 g/mol. The second-order valence-corrected chi connectivity index (χ2v) is 9.54. The molecular formula is C26H35N. The number of fused-ring (bicyclic) bond motifs is 1. The van der Waals surface area contributed by atoms with Crippen LogP contribution in [0, 0.1) is 40.9 Å². The van der Waals surface area contributed by atoms with E-state index < -0.39 is 0 Å². The van der Waals surface area contributed by atoms with Gasteiger partial charge in [-0.3, -0.25) is 0 Å². The molecule has 0 saturated heterocycles. The summed E-state index contributed by atoms with van der Waals surface area (Å²) < 4.78 is 0. The van der Waals surface area contributed by atoms with E-state index in [4.69, 9.17) is 5.26 Å². The van der Waals surface area contributed by atoms with E-state index in [-0.39, 0.29) is 0 Å². The van der Waals surface area contributed by atoms with E-state index in [2.05, 4.69) is 37.3 Å². The predicted molar refractivity (Wildman–Crippen MR) is 112 cm³/mol. The summed E-state index contributed by atoms with van der Waals surface area (Å²) in [4.78, 5) is 0. The Kier molecular flexibility index (Phi) is 6.01. The van der Waals surface area contributed by atoms with E-state index in [1.807, 2.05) is 12.1 Å². The number of benzene rings is 1. The van der Waals surface area contributed by atoms with Gasteiger partial charge in [0, 0.05) is 0 Å². The van der Waals surface area contributed by atoms with E-state index in [0.29, 0.717) is 0 Å². The highest BCUT2D eigenvalue weighted by atomic mass is 14.4. The highest BCUT2D eigenvalue weighted by molar-refractivity contribution is 5.33. The van der Waals surface area contributed by atoms with Crippen molar-refractivity contribution in [2.24, 2.45) is 29.6 Å². The van der Waals surface area contributed by atoms with Crippen molar-refractivity contribution in [2.75, 3.05) is 0 Å². The van der Waals surface area contributed by atoms with E-state index in [1.165, 1.54) is 69.8 Å². The third kappa shape index (κ3) is 4.31. The Bertz CT molecular complexity index is 671. The van der Waals surface area contributed by atoms with Crippen molar-refractivity contribution in [2.45, 2.75) is 77.0 Å². The van der Waals surface area contributed by atoms with Crippen LogP contribution in [0.1, 0.15) is 88.2 Å². The second-order valence-electron chi connectivity index (χ2n) is 9.54. The van der Waals surface area contributed by atoms with Crippen molar-refractivity contribution in [3.05, 3.63) is 47.5 Å². The van der Waals surface area contributed by atoms with Crippen molar-refractivity contribution in [1.82, 2.24) is 0 Å². The molecule has 3 aliphatic rings. The second kappa shape index (κ2) is 8.64. The van der Waals surface area contributed by atoms with Gasteiger partial charge in [-0.2, -0.15) is 5.26 Å². The van der Waals surface area contributed by atoms with Crippen LogP contribution in [0.25, 0.3) is 0 Å². The highest BCUT2D eigenvalue weighted by Gasteiger charge is 2.38. The summed E-state index contributed by atoms with van der Waals surface area (Å²) in [5, 5.41) is 8.99. The third-order valence-corrected chi connectivity index (χ3v) is 8.11. The summed E-state index contributed by atoms with van der Waals surface area (Å²) in [6.07, 6.45) is 19.2. The Balaban J connectivity index is 1.28. The molecule has 3 fully saturated rings. The number of nitriles is 1. The van der Waals surface area contributed by atoms with Crippen LogP contribution in [-0.4, -0.2) is 0 Å². The highest BCUT2D eigenvalue weighted by Crippen LogP contribution is 2.50. The van der Waals surface area contributed by atoms with Crippen LogP contribution in [0.5, 0.6) is 0 Å². The third-order valence-electron chi connectivity index (χ3n) is 8.11. The number of nitrogens with zero attached hydrogens (tertiary/aromatic N) is 1. The fourth-order valence-corrected chi connectivity index (χ4v) is 6.59. The van der Waals surface area contributed by atoms with Gasteiger partial charge >= 0.3 is 0 Å². The average molecular weight is 362 g/mol. The summed E-state index contributed by atoms with van der Waals surface area (Å²) in [5.41, 5.74) is 2.24. The van der Waals surface area contributed by atoms with Crippen molar-refractivity contribution in [1.29, 1.82) is 5.26 Å². The van der Waals surface area contributed by atoms with Gasteiger partial charge in [0.15, 0.2) is 0 Å². The van der Waals surface area contributed by atoms with Gasteiger partial charge in [0.2, 0.25) is 0 Å². The maximum atomic E-state index is 8.99. The van der Waals surface area contributed by atoms with Gasteiger partial charge in [-0.1, -0.05) is 24.3 Å². The standard InChI is InChI=1S/C26H35N/c1-2-3-19-4-9-26-17-25(15-14-24(26)16-19)23-12-10-22(11-13-23)21-7-5-20(18-27)6-8-21/h2-3,5-8,19,22-26H,4,9-17H2,1H3/b3-2+. The quantitative estimate of drug-likeness (QED) is 0.520. The molecule has 0 amide bonds. The fourth-order valence-electron chi connectivity index (χ4n) is 6.59. The van der Waals surface area contributed by atoms with Crippen LogP contribution >= 0.6 is 0 Å². The lowest BCUT2D eigenvalue weighted by Gasteiger charge is -2.45. The van der Waals surface area contributed by atoms with Crippen LogP contribution in [-0.2, 0) is 0 Å². The minimum Gasteiger partial charge on any atom is -0.192 e. The Morgan fingerprint density at radius 3 is 2.04 bits per heavy atom. The zero-order valence-corrected chi connectivity index (χ0v) is 16.9. The first-order valence-corrected chi connectivity index (χ1v) is 11.4. The number of hydrogen-bond acceptors (Lipinski definition) is 1. The summed E-state index contributed by atoms with van der Waals surface area (Å²) in [7, 11) is 0. The van der Waals surface area contributed by atoms with E-state index in [1.54, 1.807) is 0 Å². The molecule has 4 atom stereocenters. The molecule has 1 aromatic carbocycles. The van der Waals surface area contributed by atoms with Gasteiger partial charge in [-0.05, 0) is 124 Å². The molecule has 1 aromatic rings. The van der Waals surface area contributed by atoms with E-state index >= 15 is 0 Å². The maximum Gasteiger partial charge on any atom is 0.0991 e. The van der Waals surface area contributed by atoms with Crippen LogP contribution in [0.3, 0.4) is 0 Å². The average Bonchev–Trinajstić information content (AvgIpc) is 2.74. The molecule has 0 bridgehead atoms. The largest absolute Gasteiger partial charge is 0.192 e. The molecule has 4 rings (SSSR count). The molecule has 0 radical (unpaired) electrons. The van der Waals surface area contributed by atoms with Crippen molar-refractivity contribution in [3.8, 4) is 6.07 Å². The molecule has 4 unspecified atom stereocenters. The zero-order chi connectivity index (χ0) is 18.6. The van der Waals surface area contributed by atoms with Gasteiger partial charge in [0.25, 0.3) is 0 Å².